The minimum atomic E-state index is -0.124. The van der Waals surface area contributed by atoms with Gasteiger partial charge in [0.2, 0.25) is 0 Å². The Labute approximate surface area is 125 Å². The van der Waals surface area contributed by atoms with Gasteiger partial charge in [-0.3, -0.25) is 4.57 Å². The average Bonchev–Trinajstić information content (AvgIpc) is 2.79. The highest BCUT2D eigenvalue weighted by atomic mass is 79.9. The molecule has 0 spiro atoms. The first-order valence-electron chi connectivity index (χ1n) is 6.25. The number of hydrogen-bond donors (Lipinski definition) is 2. The van der Waals surface area contributed by atoms with Gasteiger partial charge in [0.15, 0.2) is 0 Å². The number of anilines is 1. The molecule has 0 aliphatic heterocycles. The maximum atomic E-state index is 9.58. The van der Waals surface area contributed by atoms with Crippen LogP contribution in [-0.2, 0) is 6.61 Å². The molecule has 0 saturated carbocycles. The molecule has 3 N–H and O–H groups in total. The number of hydrogen-bond acceptors (Lipinski definition) is 3. The molecule has 0 saturated heterocycles. The summed E-state index contributed by atoms with van der Waals surface area (Å²) in [4.78, 5) is 4.46. The Morgan fingerprint density at radius 2 is 2.10 bits per heavy atom. The lowest BCUT2D eigenvalue weighted by atomic mass is 10.2. The van der Waals surface area contributed by atoms with E-state index in [2.05, 4.69) is 20.9 Å². The van der Waals surface area contributed by atoms with Crippen LogP contribution in [0.4, 0.5) is 5.69 Å². The number of nitrogens with zero attached hydrogens (tertiary/aromatic N) is 2. The number of fused-ring (bicyclic) bond motifs is 1. The van der Waals surface area contributed by atoms with Crippen LogP contribution in [0.2, 0.25) is 0 Å². The molecule has 102 valence electrons. The molecule has 2 aromatic carbocycles. The van der Waals surface area contributed by atoms with Crippen LogP contribution in [0.25, 0.3) is 16.7 Å². The summed E-state index contributed by atoms with van der Waals surface area (Å²) in [6, 6.07) is 11.6. The molecule has 3 aromatic rings. The van der Waals surface area contributed by atoms with Gasteiger partial charge in [-0.2, -0.15) is 0 Å². The molecule has 4 nitrogen and oxygen atoms in total. The SMILES string of the molecule is Cc1c(Br)cccc1-n1c(CO)nc2cc(N)ccc21. The zero-order valence-electron chi connectivity index (χ0n) is 11.0. The van der Waals surface area contributed by atoms with E-state index < -0.39 is 0 Å². The van der Waals surface area contributed by atoms with E-state index in [4.69, 9.17) is 5.73 Å². The highest BCUT2D eigenvalue weighted by Gasteiger charge is 2.14. The van der Waals surface area contributed by atoms with Gasteiger partial charge in [0.05, 0.1) is 16.7 Å². The van der Waals surface area contributed by atoms with Crippen molar-refractivity contribution in [2.45, 2.75) is 13.5 Å². The van der Waals surface area contributed by atoms with Crippen LogP contribution >= 0.6 is 15.9 Å². The van der Waals surface area contributed by atoms with Crippen LogP contribution in [0.1, 0.15) is 11.4 Å². The molecule has 0 radical (unpaired) electrons. The van der Waals surface area contributed by atoms with Gasteiger partial charge in [0, 0.05) is 10.2 Å². The number of nitrogens with two attached hydrogens (primary N) is 1. The van der Waals surface area contributed by atoms with Crippen LogP contribution in [-0.4, -0.2) is 14.7 Å². The monoisotopic (exact) mass is 331 g/mol. The second-order valence-corrected chi connectivity index (χ2v) is 5.51. The molecule has 0 atom stereocenters. The molecule has 0 unspecified atom stereocenters. The fourth-order valence-electron chi connectivity index (χ4n) is 2.36. The van der Waals surface area contributed by atoms with E-state index in [0.717, 1.165) is 26.8 Å². The fraction of sp³-hybridized carbons (Fsp3) is 0.133. The van der Waals surface area contributed by atoms with Crippen molar-refractivity contribution in [2.75, 3.05) is 5.73 Å². The number of imidazole rings is 1. The number of aromatic nitrogens is 2. The largest absolute Gasteiger partial charge is 0.399 e. The number of benzene rings is 2. The standard InChI is InChI=1S/C15H14BrN3O/c1-9-11(16)3-2-4-13(9)19-14-6-5-10(17)7-12(14)18-15(19)8-20/h2-7,20H,8,17H2,1H3. The summed E-state index contributed by atoms with van der Waals surface area (Å²) in [6.07, 6.45) is 0. The Hall–Kier alpha value is -1.85. The average molecular weight is 332 g/mol. The molecular weight excluding hydrogens is 318 g/mol. The molecule has 1 aromatic heterocycles. The van der Waals surface area contributed by atoms with E-state index in [1.807, 2.05) is 47.9 Å². The van der Waals surface area contributed by atoms with Crippen LogP contribution in [0.3, 0.4) is 0 Å². The molecule has 0 aliphatic carbocycles. The lowest BCUT2D eigenvalue weighted by molar-refractivity contribution is 0.270. The predicted octanol–water partition coefficient (Wildman–Crippen LogP) is 3.17. The van der Waals surface area contributed by atoms with Crippen molar-refractivity contribution in [3.8, 4) is 5.69 Å². The second kappa shape index (κ2) is 4.92. The Bertz CT molecular complexity index is 795. The van der Waals surface area contributed by atoms with Gasteiger partial charge in [-0.05, 0) is 42.8 Å². The lowest BCUT2D eigenvalue weighted by Crippen LogP contribution is -2.03. The molecule has 20 heavy (non-hydrogen) atoms. The molecule has 1 heterocycles. The number of rotatable bonds is 2. The third-order valence-corrected chi connectivity index (χ3v) is 4.23. The van der Waals surface area contributed by atoms with Crippen LogP contribution < -0.4 is 5.73 Å². The van der Waals surface area contributed by atoms with Crippen molar-refractivity contribution in [2.24, 2.45) is 0 Å². The third-order valence-electron chi connectivity index (χ3n) is 3.37. The van der Waals surface area contributed by atoms with Gasteiger partial charge in [0.1, 0.15) is 12.4 Å². The highest BCUT2D eigenvalue weighted by Crippen LogP contribution is 2.28. The van der Waals surface area contributed by atoms with E-state index in [1.54, 1.807) is 0 Å². The number of nitrogen functional groups attached to an aromatic ring is 1. The van der Waals surface area contributed by atoms with Crippen molar-refractivity contribution >= 4 is 32.7 Å². The van der Waals surface area contributed by atoms with Crippen molar-refractivity contribution < 1.29 is 5.11 Å². The first kappa shape index (κ1) is 13.1. The minimum absolute atomic E-state index is 0.124. The number of halogens is 1. The van der Waals surface area contributed by atoms with E-state index in [9.17, 15) is 5.11 Å². The maximum absolute atomic E-state index is 9.58. The molecule has 0 amide bonds. The summed E-state index contributed by atoms with van der Waals surface area (Å²) < 4.78 is 2.99. The quantitative estimate of drug-likeness (QED) is 0.709. The summed E-state index contributed by atoms with van der Waals surface area (Å²) in [5.41, 5.74) is 10.3. The van der Waals surface area contributed by atoms with Crippen molar-refractivity contribution in [3.05, 3.63) is 52.3 Å². The zero-order valence-corrected chi connectivity index (χ0v) is 12.6. The zero-order chi connectivity index (χ0) is 14.3. The van der Waals surface area contributed by atoms with Crippen LogP contribution in [0.5, 0.6) is 0 Å². The minimum Gasteiger partial charge on any atom is -0.399 e. The Morgan fingerprint density at radius 1 is 1.30 bits per heavy atom. The number of aliphatic hydroxyl groups excluding tert-OH is 1. The van der Waals surface area contributed by atoms with Gasteiger partial charge < -0.3 is 10.8 Å². The normalized spacial score (nSPS) is 11.2. The molecular formula is C15H14BrN3O. The Kier molecular flexibility index (Phi) is 3.23. The van der Waals surface area contributed by atoms with E-state index in [0.29, 0.717) is 11.5 Å². The van der Waals surface area contributed by atoms with Gasteiger partial charge >= 0.3 is 0 Å². The maximum Gasteiger partial charge on any atom is 0.140 e. The van der Waals surface area contributed by atoms with E-state index in [-0.39, 0.29) is 6.61 Å². The van der Waals surface area contributed by atoms with Crippen LogP contribution in [0, 0.1) is 6.92 Å². The van der Waals surface area contributed by atoms with Gasteiger partial charge in [-0.15, -0.1) is 0 Å². The smallest absolute Gasteiger partial charge is 0.140 e. The first-order valence-corrected chi connectivity index (χ1v) is 7.04. The van der Waals surface area contributed by atoms with E-state index in [1.165, 1.54) is 0 Å². The van der Waals surface area contributed by atoms with Crippen molar-refractivity contribution in [1.29, 1.82) is 0 Å². The van der Waals surface area contributed by atoms with E-state index >= 15 is 0 Å². The summed E-state index contributed by atoms with van der Waals surface area (Å²) in [7, 11) is 0. The molecule has 0 bridgehead atoms. The highest BCUT2D eigenvalue weighted by molar-refractivity contribution is 9.10. The first-order chi connectivity index (χ1) is 9.61. The van der Waals surface area contributed by atoms with Gasteiger partial charge in [0.25, 0.3) is 0 Å². The Morgan fingerprint density at radius 3 is 2.85 bits per heavy atom. The topological polar surface area (TPSA) is 64.1 Å². The van der Waals surface area contributed by atoms with Crippen LogP contribution in [0.15, 0.2) is 40.9 Å². The number of aliphatic hydroxyl groups is 1. The van der Waals surface area contributed by atoms with Crippen molar-refractivity contribution in [1.82, 2.24) is 9.55 Å². The molecule has 0 fully saturated rings. The molecule has 3 rings (SSSR count). The molecule has 0 aliphatic rings. The Balaban J connectivity index is 2.37. The predicted molar refractivity (Wildman–Crippen MR) is 83.8 cm³/mol. The fourth-order valence-corrected chi connectivity index (χ4v) is 2.72. The summed E-state index contributed by atoms with van der Waals surface area (Å²) in [6.45, 7) is 1.91. The van der Waals surface area contributed by atoms with Gasteiger partial charge in [-0.1, -0.05) is 22.0 Å². The molecule has 5 heteroatoms. The summed E-state index contributed by atoms with van der Waals surface area (Å²) in [5, 5.41) is 9.58. The third kappa shape index (κ3) is 1.99. The lowest BCUT2D eigenvalue weighted by Gasteiger charge is -2.12. The van der Waals surface area contributed by atoms with Gasteiger partial charge in [-0.25, -0.2) is 4.98 Å². The summed E-state index contributed by atoms with van der Waals surface area (Å²) >= 11 is 3.54. The second-order valence-electron chi connectivity index (χ2n) is 4.65. The van der Waals surface area contributed by atoms with Crippen molar-refractivity contribution in [3.63, 3.8) is 0 Å². The summed E-state index contributed by atoms with van der Waals surface area (Å²) in [5.74, 6) is 0.604.